The molecule has 0 saturated carbocycles. The van der Waals surface area contributed by atoms with E-state index in [9.17, 15) is 0 Å². The summed E-state index contributed by atoms with van der Waals surface area (Å²) >= 11 is 4.71. The smallest absolute Gasteiger partial charge is 0.0106 e. The van der Waals surface area contributed by atoms with Crippen LogP contribution >= 0.6 is 12.6 Å². The van der Waals surface area contributed by atoms with Crippen LogP contribution in [0.1, 0.15) is 60.3 Å². The van der Waals surface area contributed by atoms with Crippen molar-refractivity contribution in [3.05, 3.63) is 0 Å². The Labute approximate surface area is 83.5 Å². The zero-order chi connectivity index (χ0) is 9.83. The lowest BCUT2D eigenvalue weighted by Gasteiger charge is -2.33. The van der Waals surface area contributed by atoms with Gasteiger partial charge in [0.25, 0.3) is 0 Å². The second kappa shape index (κ2) is 4.55. The van der Waals surface area contributed by atoms with E-state index >= 15 is 0 Å². The van der Waals surface area contributed by atoms with Gasteiger partial charge in [-0.1, -0.05) is 47.5 Å². The fraction of sp³-hybridized carbons (Fsp3) is 1.00. The summed E-state index contributed by atoms with van der Waals surface area (Å²) in [5.74, 6) is 0. The minimum Gasteiger partial charge on any atom is -0.173 e. The first kappa shape index (κ1) is 12.3. The molecular weight excluding hydrogens is 164 g/mol. The minimum atomic E-state index is 0.230. The highest BCUT2D eigenvalue weighted by Gasteiger charge is 2.27. The molecule has 0 spiro atoms. The highest BCUT2D eigenvalue weighted by atomic mass is 32.1. The number of hydrogen-bond acceptors (Lipinski definition) is 1. The Morgan fingerprint density at radius 2 is 1.58 bits per heavy atom. The van der Waals surface area contributed by atoms with Crippen LogP contribution in [0, 0.1) is 5.41 Å². The summed E-state index contributed by atoms with van der Waals surface area (Å²) in [7, 11) is 0. The average Bonchev–Trinajstić information content (AvgIpc) is 1.85. The molecule has 1 heteroatoms. The van der Waals surface area contributed by atoms with Crippen molar-refractivity contribution in [3.63, 3.8) is 0 Å². The van der Waals surface area contributed by atoms with E-state index in [1.807, 2.05) is 0 Å². The Kier molecular flexibility index (Phi) is 4.68. The van der Waals surface area contributed by atoms with Gasteiger partial charge in [-0.25, -0.2) is 0 Å². The maximum Gasteiger partial charge on any atom is 0.0106 e. The van der Waals surface area contributed by atoms with Gasteiger partial charge in [-0.3, -0.25) is 0 Å². The number of thiol groups is 1. The van der Waals surface area contributed by atoms with Gasteiger partial charge >= 0.3 is 0 Å². The summed E-state index contributed by atoms with van der Waals surface area (Å²) in [5.41, 5.74) is 0.450. The topological polar surface area (TPSA) is 0 Å². The highest BCUT2D eigenvalue weighted by molar-refractivity contribution is 7.81. The van der Waals surface area contributed by atoms with Crippen molar-refractivity contribution >= 4 is 12.6 Å². The summed E-state index contributed by atoms with van der Waals surface area (Å²) in [5, 5.41) is 0. The fourth-order valence-electron chi connectivity index (χ4n) is 1.78. The van der Waals surface area contributed by atoms with Crippen molar-refractivity contribution in [1.29, 1.82) is 0 Å². The first-order valence-corrected chi connectivity index (χ1v) is 5.50. The lowest BCUT2D eigenvalue weighted by Crippen LogP contribution is -2.25. The lowest BCUT2D eigenvalue weighted by molar-refractivity contribution is 0.278. The van der Waals surface area contributed by atoms with Crippen LogP contribution in [-0.2, 0) is 0 Å². The van der Waals surface area contributed by atoms with Gasteiger partial charge in [-0.15, -0.1) is 0 Å². The standard InChI is InChI=1S/C11H24S/c1-6-8-11(5,12)9-10(3,4)7-2/h12H,6-9H2,1-5H3. The third-order valence-electron chi connectivity index (χ3n) is 2.61. The zero-order valence-electron chi connectivity index (χ0n) is 9.28. The van der Waals surface area contributed by atoms with Crippen LogP contribution < -0.4 is 0 Å². The van der Waals surface area contributed by atoms with Gasteiger partial charge in [0.15, 0.2) is 0 Å². The third kappa shape index (κ3) is 5.08. The predicted molar refractivity (Wildman–Crippen MR) is 61.0 cm³/mol. The number of hydrogen-bond donors (Lipinski definition) is 1. The quantitative estimate of drug-likeness (QED) is 0.611. The second-order valence-corrected chi connectivity index (χ2v) is 6.02. The maximum atomic E-state index is 4.71. The average molecular weight is 188 g/mol. The molecule has 0 aromatic carbocycles. The summed E-state index contributed by atoms with van der Waals surface area (Å²) in [4.78, 5) is 0. The van der Waals surface area contributed by atoms with E-state index < -0.39 is 0 Å². The molecule has 0 amide bonds. The van der Waals surface area contributed by atoms with E-state index in [0.29, 0.717) is 5.41 Å². The van der Waals surface area contributed by atoms with E-state index in [0.717, 1.165) is 0 Å². The third-order valence-corrected chi connectivity index (χ3v) is 2.99. The van der Waals surface area contributed by atoms with Crippen molar-refractivity contribution < 1.29 is 0 Å². The van der Waals surface area contributed by atoms with Crippen molar-refractivity contribution in [2.24, 2.45) is 5.41 Å². The molecule has 0 N–H and O–H groups in total. The van der Waals surface area contributed by atoms with Crippen LogP contribution in [0.15, 0.2) is 0 Å². The van der Waals surface area contributed by atoms with Crippen molar-refractivity contribution in [2.45, 2.75) is 65.0 Å². The van der Waals surface area contributed by atoms with Gasteiger partial charge in [0.2, 0.25) is 0 Å². The first-order chi connectivity index (χ1) is 5.33. The van der Waals surface area contributed by atoms with E-state index in [2.05, 4.69) is 34.6 Å². The molecule has 74 valence electrons. The summed E-state index contributed by atoms with van der Waals surface area (Å²) in [6.07, 6.45) is 4.92. The van der Waals surface area contributed by atoms with Crippen LogP contribution in [0.2, 0.25) is 0 Å². The van der Waals surface area contributed by atoms with Gasteiger partial charge in [-0.2, -0.15) is 12.6 Å². The van der Waals surface area contributed by atoms with Crippen LogP contribution in [0.5, 0.6) is 0 Å². The molecule has 0 aromatic heterocycles. The van der Waals surface area contributed by atoms with Crippen LogP contribution in [-0.4, -0.2) is 4.75 Å². The van der Waals surface area contributed by atoms with E-state index in [1.54, 1.807) is 0 Å². The minimum absolute atomic E-state index is 0.230. The molecule has 0 aliphatic heterocycles. The van der Waals surface area contributed by atoms with Crippen LogP contribution in [0.4, 0.5) is 0 Å². The SMILES string of the molecule is CCCC(C)(S)CC(C)(C)CC. The fourth-order valence-corrected chi connectivity index (χ4v) is 2.43. The molecule has 0 aliphatic carbocycles. The lowest BCUT2D eigenvalue weighted by atomic mass is 9.79. The van der Waals surface area contributed by atoms with Gasteiger partial charge in [0.1, 0.15) is 0 Å². The molecule has 0 fully saturated rings. The van der Waals surface area contributed by atoms with E-state index in [-0.39, 0.29) is 4.75 Å². The van der Waals surface area contributed by atoms with Crippen molar-refractivity contribution in [2.75, 3.05) is 0 Å². The molecule has 0 rings (SSSR count). The van der Waals surface area contributed by atoms with Crippen molar-refractivity contribution in [1.82, 2.24) is 0 Å². The summed E-state index contributed by atoms with van der Waals surface area (Å²) in [6, 6.07) is 0. The summed E-state index contributed by atoms with van der Waals surface area (Å²) in [6.45, 7) is 11.4. The molecule has 1 unspecified atom stereocenters. The van der Waals surface area contributed by atoms with E-state index in [1.165, 1.54) is 25.7 Å². The highest BCUT2D eigenvalue weighted by Crippen LogP contribution is 2.36. The zero-order valence-corrected chi connectivity index (χ0v) is 10.2. The summed E-state index contributed by atoms with van der Waals surface area (Å²) < 4.78 is 0.230. The largest absolute Gasteiger partial charge is 0.173 e. The Morgan fingerprint density at radius 1 is 1.08 bits per heavy atom. The number of rotatable bonds is 5. The van der Waals surface area contributed by atoms with E-state index in [4.69, 9.17) is 12.6 Å². The van der Waals surface area contributed by atoms with Crippen LogP contribution in [0.25, 0.3) is 0 Å². The van der Waals surface area contributed by atoms with Crippen molar-refractivity contribution in [3.8, 4) is 0 Å². The Balaban J connectivity index is 4.04. The van der Waals surface area contributed by atoms with Gasteiger partial charge in [-0.05, 0) is 18.3 Å². The molecule has 12 heavy (non-hydrogen) atoms. The molecule has 0 bridgehead atoms. The molecule has 0 aliphatic rings. The molecular formula is C11H24S. The molecule has 1 atom stereocenters. The predicted octanol–water partition coefficient (Wildman–Crippen LogP) is 4.30. The normalized spacial score (nSPS) is 17.5. The second-order valence-electron chi connectivity index (χ2n) is 4.94. The van der Waals surface area contributed by atoms with Gasteiger partial charge < -0.3 is 0 Å². The molecule has 0 aromatic rings. The van der Waals surface area contributed by atoms with Crippen LogP contribution in [0.3, 0.4) is 0 Å². The molecule has 0 nitrogen and oxygen atoms in total. The Hall–Kier alpha value is 0.350. The Bertz CT molecular complexity index is 125. The van der Waals surface area contributed by atoms with Gasteiger partial charge in [0.05, 0.1) is 0 Å². The maximum absolute atomic E-state index is 4.71. The first-order valence-electron chi connectivity index (χ1n) is 5.05. The monoisotopic (exact) mass is 188 g/mol. The Morgan fingerprint density at radius 3 is 1.92 bits per heavy atom. The molecule has 0 saturated heterocycles. The molecule has 0 radical (unpaired) electrons. The van der Waals surface area contributed by atoms with Gasteiger partial charge in [0, 0.05) is 4.75 Å². The molecule has 0 heterocycles.